The molecule has 0 aliphatic carbocycles. The van der Waals surface area contributed by atoms with Gasteiger partial charge in [0.05, 0.1) is 6.61 Å². The van der Waals surface area contributed by atoms with Crippen LogP contribution in [-0.4, -0.2) is 34.2 Å². The zero-order valence-corrected chi connectivity index (χ0v) is 14.4. The van der Waals surface area contributed by atoms with Gasteiger partial charge in [-0.3, -0.25) is 0 Å². The van der Waals surface area contributed by atoms with Crippen molar-refractivity contribution in [2.45, 2.75) is 44.7 Å². The summed E-state index contributed by atoms with van der Waals surface area (Å²) in [5.74, 6) is 0.260. The van der Waals surface area contributed by atoms with Gasteiger partial charge in [0, 0.05) is 30.0 Å². The Balaban J connectivity index is 2.16. The molecule has 1 fully saturated rings. The SMILES string of the molecule is CCNCc1scc(C)c1S(=O)(=O)NC(C)C1CCOC1. The van der Waals surface area contributed by atoms with Gasteiger partial charge in [-0.05, 0) is 37.8 Å². The van der Waals surface area contributed by atoms with Crippen molar-refractivity contribution in [2.24, 2.45) is 5.92 Å². The summed E-state index contributed by atoms with van der Waals surface area (Å²) < 4.78 is 33.6. The number of hydrogen-bond acceptors (Lipinski definition) is 5. The van der Waals surface area contributed by atoms with Crippen LogP contribution in [0, 0.1) is 12.8 Å². The lowest BCUT2D eigenvalue weighted by atomic mass is 10.0. The molecule has 2 rings (SSSR count). The molecule has 2 unspecified atom stereocenters. The first-order chi connectivity index (χ1) is 9.95. The van der Waals surface area contributed by atoms with E-state index in [1.165, 1.54) is 11.3 Å². The Hall–Kier alpha value is -0.470. The molecule has 0 radical (unpaired) electrons. The first-order valence-corrected chi connectivity index (χ1v) is 9.69. The van der Waals surface area contributed by atoms with E-state index in [1.807, 2.05) is 26.2 Å². The summed E-state index contributed by atoms with van der Waals surface area (Å²) in [6, 6.07) is -0.108. The molecule has 21 heavy (non-hydrogen) atoms. The third-order valence-electron chi connectivity index (χ3n) is 3.81. The van der Waals surface area contributed by atoms with Gasteiger partial charge >= 0.3 is 0 Å². The van der Waals surface area contributed by atoms with Crippen molar-refractivity contribution >= 4 is 21.4 Å². The van der Waals surface area contributed by atoms with Gasteiger partial charge in [-0.15, -0.1) is 11.3 Å². The van der Waals surface area contributed by atoms with Crippen molar-refractivity contribution in [3.05, 3.63) is 15.8 Å². The van der Waals surface area contributed by atoms with Crippen LogP contribution in [0.5, 0.6) is 0 Å². The highest BCUT2D eigenvalue weighted by Gasteiger charge is 2.29. The maximum Gasteiger partial charge on any atom is 0.242 e. The highest BCUT2D eigenvalue weighted by atomic mass is 32.2. The quantitative estimate of drug-likeness (QED) is 0.800. The number of sulfonamides is 1. The summed E-state index contributed by atoms with van der Waals surface area (Å²) in [7, 11) is -3.48. The average molecular weight is 332 g/mol. The molecule has 7 heteroatoms. The Kier molecular flexibility index (Phi) is 5.79. The minimum absolute atomic E-state index is 0.108. The molecule has 1 aliphatic rings. The van der Waals surface area contributed by atoms with Crippen molar-refractivity contribution in [2.75, 3.05) is 19.8 Å². The minimum Gasteiger partial charge on any atom is -0.381 e. The fraction of sp³-hybridized carbons (Fsp3) is 0.714. The maximum atomic E-state index is 12.7. The van der Waals surface area contributed by atoms with Gasteiger partial charge in [-0.2, -0.15) is 0 Å². The van der Waals surface area contributed by atoms with E-state index < -0.39 is 10.0 Å². The number of hydrogen-bond donors (Lipinski definition) is 2. The summed E-state index contributed by atoms with van der Waals surface area (Å²) in [6.45, 7) is 8.55. The van der Waals surface area contributed by atoms with Crippen LogP contribution in [0.1, 0.15) is 30.7 Å². The van der Waals surface area contributed by atoms with Gasteiger partial charge in [0.25, 0.3) is 0 Å². The Morgan fingerprint density at radius 2 is 2.29 bits per heavy atom. The van der Waals surface area contributed by atoms with Gasteiger partial charge in [0.15, 0.2) is 0 Å². The maximum absolute atomic E-state index is 12.7. The number of aryl methyl sites for hydroxylation is 1. The Morgan fingerprint density at radius 3 is 2.90 bits per heavy atom. The normalized spacial score (nSPS) is 20.8. The molecule has 0 aromatic carbocycles. The molecule has 120 valence electrons. The van der Waals surface area contributed by atoms with Crippen LogP contribution in [0.25, 0.3) is 0 Å². The zero-order valence-electron chi connectivity index (χ0n) is 12.8. The molecular weight excluding hydrogens is 308 g/mol. The lowest BCUT2D eigenvalue weighted by Gasteiger charge is -2.20. The van der Waals surface area contributed by atoms with E-state index in [9.17, 15) is 8.42 Å². The van der Waals surface area contributed by atoms with E-state index in [4.69, 9.17) is 4.74 Å². The van der Waals surface area contributed by atoms with Crippen molar-refractivity contribution in [3.8, 4) is 0 Å². The van der Waals surface area contributed by atoms with Gasteiger partial charge in [0.1, 0.15) is 4.90 Å². The van der Waals surface area contributed by atoms with Gasteiger partial charge in [-0.1, -0.05) is 6.92 Å². The summed E-state index contributed by atoms with van der Waals surface area (Å²) in [5, 5.41) is 5.10. The first kappa shape index (κ1) is 16.9. The number of nitrogens with one attached hydrogen (secondary N) is 2. The largest absolute Gasteiger partial charge is 0.381 e. The van der Waals surface area contributed by atoms with E-state index in [0.717, 1.165) is 30.0 Å². The van der Waals surface area contributed by atoms with Crippen LogP contribution in [0.3, 0.4) is 0 Å². The van der Waals surface area contributed by atoms with Crippen LogP contribution in [0.2, 0.25) is 0 Å². The summed E-state index contributed by atoms with van der Waals surface area (Å²) in [6.07, 6.45) is 0.913. The van der Waals surface area contributed by atoms with E-state index in [1.54, 1.807) is 0 Å². The van der Waals surface area contributed by atoms with Crippen LogP contribution in [0.15, 0.2) is 10.3 Å². The van der Waals surface area contributed by atoms with E-state index in [2.05, 4.69) is 10.0 Å². The van der Waals surface area contributed by atoms with Gasteiger partial charge < -0.3 is 10.1 Å². The number of rotatable bonds is 7. The second kappa shape index (κ2) is 7.19. The molecule has 5 nitrogen and oxygen atoms in total. The number of ether oxygens (including phenoxy) is 1. The minimum atomic E-state index is -3.48. The predicted molar refractivity (Wildman–Crippen MR) is 85.1 cm³/mol. The van der Waals surface area contributed by atoms with Crippen LogP contribution >= 0.6 is 11.3 Å². The highest BCUT2D eigenvalue weighted by molar-refractivity contribution is 7.89. The Bertz CT molecular complexity index is 563. The summed E-state index contributed by atoms with van der Waals surface area (Å²) >= 11 is 1.50. The molecule has 1 aliphatic heterocycles. The molecular formula is C14H24N2O3S2. The summed E-state index contributed by atoms with van der Waals surface area (Å²) in [5.41, 5.74) is 0.815. The molecule has 1 saturated heterocycles. The molecule has 1 aromatic rings. The third-order valence-corrected chi connectivity index (χ3v) is 6.83. The third kappa shape index (κ3) is 4.04. The molecule has 2 N–H and O–H groups in total. The molecule has 1 aromatic heterocycles. The van der Waals surface area contributed by atoms with Crippen molar-refractivity contribution < 1.29 is 13.2 Å². The fourth-order valence-electron chi connectivity index (χ4n) is 2.56. The van der Waals surface area contributed by atoms with Crippen molar-refractivity contribution in [1.29, 1.82) is 0 Å². The van der Waals surface area contributed by atoms with E-state index in [-0.39, 0.29) is 12.0 Å². The smallest absolute Gasteiger partial charge is 0.242 e. The second-order valence-electron chi connectivity index (χ2n) is 5.48. The van der Waals surface area contributed by atoms with Crippen molar-refractivity contribution in [1.82, 2.24) is 10.0 Å². The number of thiophene rings is 1. The molecule has 0 bridgehead atoms. The lowest BCUT2D eigenvalue weighted by molar-refractivity contribution is 0.180. The van der Waals surface area contributed by atoms with Gasteiger partial charge in [-0.25, -0.2) is 13.1 Å². The molecule has 2 atom stereocenters. The van der Waals surface area contributed by atoms with Crippen molar-refractivity contribution in [3.63, 3.8) is 0 Å². The highest BCUT2D eigenvalue weighted by Crippen LogP contribution is 2.28. The molecule has 0 saturated carbocycles. The molecule has 0 spiro atoms. The standard InChI is InChI=1S/C14H24N2O3S2/c1-4-15-7-13-14(10(2)9-20-13)21(17,18)16-11(3)12-5-6-19-8-12/h9,11-12,15-16H,4-8H2,1-3H3. The second-order valence-corrected chi connectivity index (χ2v) is 8.10. The van der Waals surface area contributed by atoms with E-state index in [0.29, 0.717) is 18.0 Å². The summed E-state index contributed by atoms with van der Waals surface area (Å²) in [4.78, 5) is 1.32. The average Bonchev–Trinajstić information content (AvgIpc) is 3.05. The Morgan fingerprint density at radius 1 is 1.52 bits per heavy atom. The van der Waals surface area contributed by atoms with Gasteiger partial charge in [0.2, 0.25) is 10.0 Å². The van der Waals surface area contributed by atoms with Crippen LogP contribution in [0.4, 0.5) is 0 Å². The molecule has 2 heterocycles. The topological polar surface area (TPSA) is 67.4 Å². The monoisotopic (exact) mass is 332 g/mol. The first-order valence-electron chi connectivity index (χ1n) is 7.33. The van der Waals surface area contributed by atoms with Crippen LogP contribution < -0.4 is 10.0 Å². The predicted octanol–water partition coefficient (Wildman–Crippen LogP) is 1.87. The fourth-order valence-corrected chi connectivity index (χ4v) is 5.65. The Labute approximate surface area is 131 Å². The zero-order chi connectivity index (χ0) is 15.5. The van der Waals surface area contributed by atoms with E-state index >= 15 is 0 Å². The lowest BCUT2D eigenvalue weighted by Crippen LogP contribution is -2.38. The molecule has 0 amide bonds. The van der Waals surface area contributed by atoms with Crippen LogP contribution in [-0.2, 0) is 21.3 Å².